The summed E-state index contributed by atoms with van der Waals surface area (Å²) in [7, 11) is -1.14. The minimum atomic E-state index is -1.14. The van der Waals surface area contributed by atoms with Crippen molar-refractivity contribution in [2.45, 2.75) is 11.8 Å². The standard InChI is InChI=1S/C15H16BrNO2S/c1-11-3-2-4-14(15(11)17)20(18)10-9-19-13-7-5-12(16)6-8-13/h2-8H,9-10,17H2,1H3. The first-order chi connectivity index (χ1) is 9.58. The summed E-state index contributed by atoms with van der Waals surface area (Å²) in [6, 6.07) is 13.1. The fraction of sp³-hybridized carbons (Fsp3) is 0.200. The van der Waals surface area contributed by atoms with Crippen LogP contribution in [-0.2, 0) is 10.8 Å². The van der Waals surface area contributed by atoms with Gasteiger partial charge in [0.25, 0.3) is 0 Å². The summed E-state index contributed by atoms with van der Waals surface area (Å²) in [5.74, 6) is 1.19. The van der Waals surface area contributed by atoms with E-state index in [2.05, 4.69) is 15.9 Å². The average molecular weight is 354 g/mol. The highest BCUT2D eigenvalue weighted by Gasteiger charge is 2.09. The van der Waals surface area contributed by atoms with Gasteiger partial charge in [-0.2, -0.15) is 0 Å². The fourth-order valence-corrected chi connectivity index (χ4v) is 3.08. The number of ether oxygens (including phenoxy) is 1. The van der Waals surface area contributed by atoms with Gasteiger partial charge in [0.05, 0.1) is 27.1 Å². The molecule has 2 aromatic carbocycles. The number of hydrogen-bond acceptors (Lipinski definition) is 3. The zero-order valence-corrected chi connectivity index (χ0v) is 13.5. The normalized spacial score (nSPS) is 12.1. The van der Waals surface area contributed by atoms with Crippen molar-refractivity contribution in [2.24, 2.45) is 0 Å². The molecule has 2 aromatic rings. The van der Waals surface area contributed by atoms with Crippen molar-refractivity contribution in [3.05, 3.63) is 52.5 Å². The van der Waals surface area contributed by atoms with Crippen LogP contribution in [0.5, 0.6) is 5.75 Å². The van der Waals surface area contributed by atoms with Crippen LogP contribution in [0.25, 0.3) is 0 Å². The Bertz CT molecular complexity index is 614. The first kappa shape index (κ1) is 15.1. The molecule has 3 nitrogen and oxygen atoms in total. The molecular weight excluding hydrogens is 338 g/mol. The van der Waals surface area contributed by atoms with Crippen LogP contribution in [0.2, 0.25) is 0 Å². The van der Waals surface area contributed by atoms with E-state index in [1.54, 1.807) is 6.07 Å². The Morgan fingerprint density at radius 2 is 1.90 bits per heavy atom. The van der Waals surface area contributed by atoms with Gasteiger partial charge in [-0.05, 0) is 42.8 Å². The molecular formula is C15H16BrNO2S. The van der Waals surface area contributed by atoms with Crippen molar-refractivity contribution in [2.75, 3.05) is 18.1 Å². The maximum atomic E-state index is 12.2. The summed E-state index contributed by atoms with van der Waals surface area (Å²) in [6.45, 7) is 2.30. The van der Waals surface area contributed by atoms with Gasteiger partial charge < -0.3 is 10.5 Å². The minimum absolute atomic E-state index is 0.391. The molecule has 0 aliphatic heterocycles. The number of halogens is 1. The molecule has 0 heterocycles. The lowest BCUT2D eigenvalue weighted by Gasteiger charge is -2.09. The highest BCUT2D eigenvalue weighted by atomic mass is 79.9. The molecule has 0 aliphatic carbocycles. The number of rotatable bonds is 5. The van der Waals surface area contributed by atoms with Crippen molar-refractivity contribution >= 4 is 32.4 Å². The largest absolute Gasteiger partial charge is 0.493 e. The van der Waals surface area contributed by atoms with Crippen molar-refractivity contribution in [1.29, 1.82) is 0 Å². The molecule has 2 N–H and O–H groups in total. The molecule has 0 saturated heterocycles. The number of nitrogens with two attached hydrogens (primary N) is 1. The molecule has 0 aromatic heterocycles. The van der Waals surface area contributed by atoms with E-state index in [1.807, 2.05) is 43.3 Å². The minimum Gasteiger partial charge on any atom is -0.493 e. The number of anilines is 1. The lowest BCUT2D eigenvalue weighted by Crippen LogP contribution is -2.10. The van der Waals surface area contributed by atoms with Crippen molar-refractivity contribution in [3.63, 3.8) is 0 Å². The van der Waals surface area contributed by atoms with Crippen LogP contribution in [0.3, 0.4) is 0 Å². The van der Waals surface area contributed by atoms with Crippen LogP contribution in [0.1, 0.15) is 5.56 Å². The molecule has 0 saturated carbocycles. The summed E-state index contributed by atoms with van der Waals surface area (Å²) in [5, 5.41) is 0. The second-order valence-corrected chi connectivity index (χ2v) is 6.79. The molecule has 1 atom stereocenters. The van der Waals surface area contributed by atoms with Crippen LogP contribution in [0, 0.1) is 6.92 Å². The highest BCUT2D eigenvalue weighted by molar-refractivity contribution is 9.10. The van der Waals surface area contributed by atoms with E-state index >= 15 is 0 Å². The molecule has 2 rings (SSSR count). The maximum absolute atomic E-state index is 12.2. The highest BCUT2D eigenvalue weighted by Crippen LogP contribution is 2.20. The van der Waals surface area contributed by atoms with Gasteiger partial charge >= 0.3 is 0 Å². The predicted octanol–water partition coefficient (Wildman–Crippen LogP) is 3.53. The lowest BCUT2D eigenvalue weighted by atomic mass is 10.2. The zero-order valence-electron chi connectivity index (χ0n) is 11.1. The van der Waals surface area contributed by atoms with E-state index in [-0.39, 0.29) is 0 Å². The SMILES string of the molecule is Cc1cccc(S(=O)CCOc2ccc(Br)cc2)c1N. The van der Waals surface area contributed by atoms with E-state index in [4.69, 9.17) is 10.5 Å². The molecule has 0 aliphatic rings. The molecule has 20 heavy (non-hydrogen) atoms. The second-order valence-electron chi connectivity index (χ2n) is 4.34. The second kappa shape index (κ2) is 6.90. The fourth-order valence-electron chi connectivity index (χ4n) is 1.73. The zero-order chi connectivity index (χ0) is 14.5. The summed E-state index contributed by atoms with van der Waals surface area (Å²) < 4.78 is 18.8. The number of para-hydroxylation sites is 1. The summed E-state index contributed by atoms with van der Waals surface area (Å²) in [6.07, 6.45) is 0. The number of benzene rings is 2. The summed E-state index contributed by atoms with van der Waals surface area (Å²) in [5.41, 5.74) is 7.50. The Morgan fingerprint density at radius 3 is 2.60 bits per heavy atom. The van der Waals surface area contributed by atoms with Gasteiger partial charge in [-0.25, -0.2) is 0 Å². The first-order valence-corrected chi connectivity index (χ1v) is 8.31. The molecule has 0 radical (unpaired) electrons. The number of hydrogen-bond donors (Lipinski definition) is 1. The number of nitrogen functional groups attached to an aromatic ring is 1. The maximum Gasteiger partial charge on any atom is 0.119 e. The van der Waals surface area contributed by atoms with Gasteiger partial charge in [0.2, 0.25) is 0 Å². The Kier molecular flexibility index (Phi) is 5.20. The van der Waals surface area contributed by atoms with Gasteiger partial charge in [0, 0.05) is 4.47 Å². The van der Waals surface area contributed by atoms with Gasteiger partial charge in [-0.3, -0.25) is 4.21 Å². The van der Waals surface area contributed by atoms with Crippen LogP contribution < -0.4 is 10.5 Å². The third-order valence-electron chi connectivity index (χ3n) is 2.88. The summed E-state index contributed by atoms with van der Waals surface area (Å²) >= 11 is 3.36. The molecule has 106 valence electrons. The molecule has 1 unspecified atom stereocenters. The van der Waals surface area contributed by atoms with Crippen molar-refractivity contribution < 1.29 is 8.95 Å². The van der Waals surface area contributed by atoms with E-state index in [0.717, 1.165) is 15.8 Å². The van der Waals surface area contributed by atoms with Crippen LogP contribution in [0.4, 0.5) is 5.69 Å². The topological polar surface area (TPSA) is 52.3 Å². The Morgan fingerprint density at radius 1 is 1.20 bits per heavy atom. The quantitative estimate of drug-likeness (QED) is 0.836. The first-order valence-electron chi connectivity index (χ1n) is 6.20. The van der Waals surface area contributed by atoms with E-state index < -0.39 is 10.8 Å². The average Bonchev–Trinajstić information content (AvgIpc) is 2.44. The van der Waals surface area contributed by atoms with Gasteiger partial charge in [-0.1, -0.05) is 28.1 Å². The lowest BCUT2D eigenvalue weighted by molar-refractivity contribution is 0.342. The molecule has 0 fully saturated rings. The third-order valence-corrected chi connectivity index (χ3v) is 4.79. The van der Waals surface area contributed by atoms with Gasteiger partial charge in [-0.15, -0.1) is 0 Å². The van der Waals surface area contributed by atoms with Crippen LogP contribution >= 0.6 is 15.9 Å². The molecule has 5 heteroatoms. The van der Waals surface area contributed by atoms with E-state index in [0.29, 0.717) is 22.9 Å². The summed E-state index contributed by atoms with van der Waals surface area (Å²) in [4.78, 5) is 0.685. The van der Waals surface area contributed by atoms with Crippen molar-refractivity contribution in [3.8, 4) is 5.75 Å². The molecule has 0 amide bonds. The predicted molar refractivity (Wildman–Crippen MR) is 86.5 cm³/mol. The Balaban J connectivity index is 1.92. The molecule has 0 bridgehead atoms. The molecule has 0 spiro atoms. The van der Waals surface area contributed by atoms with Gasteiger partial charge in [0.1, 0.15) is 12.4 Å². The van der Waals surface area contributed by atoms with Crippen LogP contribution in [-0.4, -0.2) is 16.6 Å². The Labute approximate surface area is 129 Å². The smallest absolute Gasteiger partial charge is 0.119 e. The number of aryl methyl sites for hydroxylation is 1. The van der Waals surface area contributed by atoms with E-state index in [1.165, 1.54) is 0 Å². The Hall–Kier alpha value is -1.33. The monoisotopic (exact) mass is 353 g/mol. The van der Waals surface area contributed by atoms with Crippen molar-refractivity contribution in [1.82, 2.24) is 0 Å². The third kappa shape index (κ3) is 3.84. The van der Waals surface area contributed by atoms with E-state index in [9.17, 15) is 4.21 Å². The van der Waals surface area contributed by atoms with Crippen LogP contribution in [0.15, 0.2) is 51.8 Å². The van der Waals surface area contributed by atoms with Gasteiger partial charge in [0.15, 0.2) is 0 Å².